The van der Waals surface area contributed by atoms with E-state index in [4.69, 9.17) is 4.74 Å². The van der Waals surface area contributed by atoms with Gasteiger partial charge in [0.15, 0.2) is 0 Å². The van der Waals surface area contributed by atoms with Crippen molar-refractivity contribution in [2.45, 2.75) is 48.3 Å². The third-order valence-corrected chi connectivity index (χ3v) is 6.24. The molecule has 0 N–H and O–H groups in total. The quantitative estimate of drug-likeness (QED) is 0.336. The molecule has 16 heavy (non-hydrogen) atoms. The van der Waals surface area contributed by atoms with Crippen molar-refractivity contribution in [2.24, 2.45) is 0 Å². The molecule has 2 nitrogen and oxygen atoms in total. The van der Waals surface area contributed by atoms with Gasteiger partial charge in [0.2, 0.25) is 0 Å². The van der Waals surface area contributed by atoms with Gasteiger partial charge < -0.3 is 0 Å². The first-order valence-corrected chi connectivity index (χ1v) is 12.4. The fraction of sp³-hybridized carbons (Fsp3) is 0.750. The fourth-order valence-corrected chi connectivity index (χ4v) is 2.08. The molecule has 92 valence electrons. The first kappa shape index (κ1) is 16.0. The maximum atomic E-state index is 11.6. The Kier molecular flexibility index (Phi) is 6.71. The van der Waals surface area contributed by atoms with Crippen molar-refractivity contribution in [3.63, 3.8) is 0 Å². The summed E-state index contributed by atoms with van der Waals surface area (Å²) in [7, 11) is -1.27. The normalized spacial score (nSPS) is 11.6. The molecule has 0 aliphatic heterocycles. The molecular weight excluding hydrogens is 332 g/mol. The number of carbonyl (C=O) groups is 1. The zero-order chi connectivity index (χ0) is 12.8. The summed E-state index contributed by atoms with van der Waals surface area (Å²) < 4.78 is 4.98. The average molecular weight is 354 g/mol. The predicted octanol–water partition coefficient (Wildman–Crippen LogP) is 2.75. The number of hydrogen-bond acceptors (Lipinski definition) is 2. The van der Waals surface area contributed by atoms with E-state index in [1.165, 1.54) is 0 Å². The van der Waals surface area contributed by atoms with Crippen molar-refractivity contribution in [1.82, 2.24) is 0 Å². The van der Waals surface area contributed by atoms with Crippen LogP contribution in [-0.2, 0) is 9.53 Å². The topological polar surface area (TPSA) is 26.3 Å². The molecule has 0 unspecified atom stereocenters. The molecule has 0 radical (unpaired) electrons. The molecule has 0 heterocycles. The van der Waals surface area contributed by atoms with Crippen LogP contribution in [0, 0.1) is 11.5 Å². The first-order valence-electron chi connectivity index (χ1n) is 5.41. The van der Waals surface area contributed by atoms with Gasteiger partial charge in [-0.15, -0.1) is 0 Å². The molecule has 0 amide bonds. The number of ether oxygens (including phenoxy) is 1. The zero-order valence-corrected chi connectivity index (χ0v) is 14.5. The molecule has 0 aromatic carbocycles. The van der Waals surface area contributed by atoms with E-state index < -0.39 is 8.07 Å². The van der Waals surface area contributed by atoms with E-state index in [0.29, 0.717) is 13.0 Å². The Hall–Kier alpha value is 0.0365. The van der Waals surface area contributed by atoms with Gasteiger partial charge in [0.1, 0.15) is 0 Å². The van der Waals surface area contributed by atoms with Crippen molar-refractivity contribution in [3.05, 3.63) is 0 Å². The Bertz CT molecular complexity index is 294. The standard InChI is InChI=1S/C12H22O2SiTe/c1-12(2,16-6)11(13)14-9-7-8-10-15(3,4)5/h7,9H2,1-6H3. The Morgan fingerprint density at radius 1 is 1.38 bits per heavy atom. The van der Waals surface area contributed by atoms with Crippen LogP contribution in [0.1, 0.15) is 20.3 Å². The van der Waals surface area contributed by atoms with Crippen LogP contribution in [0.2, 0.25) is 28.1 Å². The third kappa shape index (κ3) is 7.33. The van der Waals surface area contributed by atoms with Gasteiger partial charge >= 0.3 is 111 Å². The monoisotopic (exact) mass is 356 g/mol. The molecule has 0 saturated carbocycles. The SMILES string of the molecule is C[Te]C(C)(C)C(=O)OCCC#C[Si](C)(C)C. The van der Waals surface area contributed by atoms with E-state index >= 15 is 0 Å². The second kappa shape index (κ2) is 6.69. The van der Waals surface area contributed by atoms with Crippen molar-refractivity contribution >= 4 is 35.0 Å². The van der Waals surface area contributed by atoms with Crippen LogP contribution in [0.3, 0.4) is 0 Å². The molecule has 0 rings (SSSR count). The molecule has 0 saturated heterocycles. The zero-order valence-electron chi connectivity index (χ0n) is 11.1. The number of carbonyl (C=O) groups excluding carboxylic acids is 1. The Morgan fingerprint density at radius 3 is 2.38 bits per heavy atom. The molecular formula is C12H22O2SiTe. The van der Waals surface area contributed by atoms with Crippen molar-refractivity contribution in [1.29, 1.82) is 0 Å². The average Bonchev–Trinajstić information content (AvgIpc) is 2.15. The van der Waals surface area contributed by atoms with Gasteiger partial charge in [0, 0.05) is 0 Å². The Balaban J connectivity index is 3.92. The summed E-state index contributed by atoms with van der Waals surface area (Å²) in [6.07, 6.45) is 0.663. The molecule has 0 aliphatic carbocycles. The number of rotatable bonds is 4. The van der Waals surface area contributed by atoms with E-state index in [1.54, 1.807) is 0 Å². The summed E-state index contributed by atoms with van der Waals surface area (Å²) in [6, 6.07) is 0. The Morgan fingerprint density at radius 2 is 1.94 bits per heavy atom. The van der Waals surface area contributed by atoms with Crippen LogP contribution >= 0.6 is 0 Å². The van der Waals surface area contributed by atoms with Gasteiger partial charge in [-0.05, 0) is 0 Å². The van der Waals surface area contributed by atoms with Gasteiger partial charge in [-0.2, -0.15) is 0 Å². The minimum atomic E-state index is -1.27. The summed E-state index contributed by atoms with van der Waals surface area (Å²) in [5.74, 6) is 3.03. The van der Waals surface area contributed by atoms with Crippen LogP contribution in [0.4, 0.5) is 0 Å². The van der Waals surface area contributed by atoms with Crippen LogP contribution in [0.25, 0.3) is 0 Å². The van der Waals surface area contributed by atoms with Gasteiger partial charge in [0.25, 0.3) is 0 Å². The van der Waals surface area contributed by atoms with Crippen molar-refractivity contribution < 1.29 is 9.53 Å². The van der Waals surface area contributed by atoms with E-state index in [1.807, 2.05) is 13.8 Å². The van der Waals surface area contributed by atoms with Crippen molar-refractivity contribution in [2.75, 3.05) is 6.61 Å². The molecule has 0 aliphatic rings. The number of esters is 1. The molecule has 0 aromatic heterocycles. The number of hydrogen-bond donors (Lipinski definition) is 0. The van der Waals surface area contributed by atoms with Crippen LogP contribution in [-0.4, -0.2) is 41.6 Å². The van der Waals surface area contributed by atoms with E-state index in [2.05, 4.69) is 36.1 Å². The van der Waals surface area contributed by atoms with E-state index in [-0.39, 0.29) is 30.4 Å². The third-order valence-electron chi connectivity index (χ3n) is 1.93. The van der Waals surface area contributed by atoms with Gasteiger partial charge in [0.05, 0.1) is 0 Å². The molecule has 0 spiro atoms. The summed E-state index contributed by atoms with van der Waals surface area (Å²) in [4.78, 5) is 13.7. The molecule has 4 heteroatoms. The predicted molar refractivity (Wildman–Crippen MR) is 72.4 cm³/mol. The van der Waals surface area contributed by atoms with Crippen molar-refractivity contribution in [3.8, 4) is 11.5 Å². The van der Waals surface area contributed by atoms with Gasteiger partial charge in [-0.3, -0.25) is 0 Å². The summed E-state index contributed by atoms with van der Waals surface area (Å²) in [5.41, 5.74) is 3.25. The fourth-order valence-electron chi connectivity index (χ4n) is 0.780. The summed E-state index contributed by atoms with van der Waals surface area (Å²) in [5, 5.41) is 0. The van der Waals surface area contributed by atoms with Gasteiger partial charge in [-0.1, -0.05) is 0 Å². The second-order valence-electron chi connectivity index (χ2n) is 5.15. The molecule has 0 fully saturated rings. The summed E-state index contributed by atoms with van der Waals surface area (Å²) in [6.45, 7) is 11.0. The second-order valence-corrected chi connectivity index (χ2v) is 14.0. The van der Waals surface area contributed by atoms with E-state index in [0.717, 1.165) is 0 Å². The van der Waals surface area contributed by atoms with Crippen LogP contribution in [0.15, 0.2) is 0 Å². The molecule has 0 bridgehead atoms. The van der Waals surface area contributed by atoms with Gasteiger partial charge in [-0.25, -0.2) is 0 Å². The molecule has 0 atom stereocenters. The molecule has 0 aromatic rings. The van der Waals surface area contributed by atoms with Crippen LogP contribution in [0.5, 0.6) is 0 Å². The van der Waals surface area contributed by atoms with Crippen LogP contribution < -0.4 is 0 Å². The first-order chi connectivity index (χ1) is 7.19. The minimum absolute atomic E-state index is 0.0628. The van der Waals surface area contributed by atoms with E-state index in [9.17, 15) is 4.79 Å². The maximum absolute atomic E-state index is 11.6. The summed E-state index contributed by atoms with van der Waals surface area (Å²) >= 11 is -0.296. The Labute approximate surface area is 111 Å².